The van der Waals surface area contributed by atoms with Crippen LogP contribution in [0, 0.1) is 5.92 Å². The van der Waals surface area contributed by atoms with Gasteiger partial charge in [-0.2, -0.15) is 0 Å². The largest absolute Gasteiger partial charge is 0.365 e. The Balaban J connectivity index is 1.47. The van der Waals surface area contributed by atoms with Gasteiger partial charge in [0.2, 0.25) is 5.91 Å². The van der Waals surface area contributed by atoms with Gasteiger partial charge in [0, 0.05) is 28.0 Å². The first-order chi connectivity index (χ1) is 12.7. The van der Waals surface area contributed by atoms with Crippen LogP contribution >= 0.6 is 15.9 Å². The van der Waals surface area contributed by atoms with Gasteiger partial charge in [-0.3, -0.25) is 4.79 Å². The second-order valence-corrected chi connectivity index (χ2v) is 7.47. The van der Waals surface area contributed by atoms with Gasteiger partial charge in [-0.05, 0) is 48.7 Å². The molecule has 2 N–H and O–H groups in total. The van der Waals surface area contributed by atoms with Crippen molar-refractivity contribution >= 4 is 44.2 Å². The van der Waals surface area contributed by atoms with Crippen molar-refractivity contribution in [2.75, 3.05) is 10.6 Å². The Bertz CT molecular complexity index is 955. The summed E-state index contributed by atoms with van der Waals surface area (Å²) in [4.78, 5) is 20.8. The smallest absolute Gasteiger partial charge is 0.227 e. The van der Waals surface area contributed by atoms with Gasteiger partial charge in [0.25, 0.3) is 0 Å². The maximum absolute atomic E-state index is 12.1. The van der Waals surface area contributed by atoms with Gasteiger partial charge < -0.3 is 10.6 Å². The summed E-state index contributed by atoms with van der Waals surface area (Å²) < 4.78 is 0.989. The minimum absolute atomic E-state index is 0.132. The molecular formula is C20H19BrN4O. The summed E-state index contributed by atoms with van der Waals surface area (Å²) in [5, 5.41) is 7.36. The molecule has 0 bridgehead atoms. The van der Waals surface area contributed by atoms with Crippen LogP contribution in [0.2, 0.25) is 0 Å². The molecule has 5 nitrogen and oxygen atoms in total. The van der Waals surface area contributed by atoms with Crippen molar-refractivity contribution < 1.29 is 4.79 Å². The van der Waals surface area contributed by atoms with Crippen LogP contribution < -0.4 is 10.6 Å². The summed E-state index contributed by atoms with van der Waals surface area (Å²) in [7, 11) is 0. The van der Waals surface area contributed by atoms with Gasteiger partial charge in [0.1, 0.15) is 12.1 Å². The molecule has 0 spiro atoms. The topological polar surface area (TPSA) is 66.9 Å². The number of aromatic nitrogens is 2. The second kappa shape index (κ2) is 7.41. The molecule has 3 aromatic rings. The van der Waals surface area contributed by atoms with Crippen LogP contribution in [-0.4, -0.2) is 15.9 Å². The second-order valence-electron chi connectivity index (χ2n) is 6.55. The fraction of sp³-hybridized carbons (Fsp3) is 0.250. The fourth-order valence-electron chi connectivity index (χ4n) is 3.03. The molecule has 4 rings (SSSR count). The zero-order valence-electron chi connectivity index (χ0n) is 14.2. The quantitative estimate of drug-likeness (QED) is 0.636. The van der Waals surface area contributed by atoms with Gasteiger partial charge in [-0.1, -0.05) is 34.5 Å². The van der Waals surface area contributed by atoms with Crippen molar-refractivity contribution in [3.8, 4) is 0 Å². The molecule has 1 aromatic heterocycles. The van der Waals surface area contributed by atoms with Crippen molar-refractivity contribution in [3.05, 3.63) is 58.8 Å². The van der Waals surface area contributed by atoms with Crippen molar-refractivity contribution in [2.45, 2.75) is 25.8 Å². The lowest BCUT2D eigenvalue weighted by Crippen LogP contribution is -2.28. The van der Waals surface area contributed by atoms with E-state index in [0.29, 0.717) is 6.54 Å². The van der Waals surface area contributed by atoms with Crippen molar-refractivity contribution in [2.24, 2.45) is 5.92 Å². The Hall–Kier alpha value is -2.47. The predicted octanol–water partition coefficient (Wildman–Crippen LogP) is 4.74. The van der Waals surface area contributed by atoms with Gasteiger partial charge >= 0.3 is 0 Å². The van der Waals surface area contributed by atoms with Crippen molar-refractivity contribution in [1.29, 1.82) is 0 Å². The molecule has 0 atom stereocenters. The summed E-state index contributed by atoms with van der Waals surface area (Å²) in [6, 6.07) is 13.9. The molecule has 2 aromatic carbocycles. The number of halogens is 1. The first-order valence-corrected chi connectivity index (χ1v) is 9.52. The summed E-state index contributed by atoms with van der Waals surface area (Å²) in [5.74, 6) is 1.11. The SMILES string of the molecule is O=C(Nc1cccc(CNc2ncnc3ccc(Br)cc23)c1)C1CCC1. The molecule has 0 aliphatic heterocycles. The van der Waals surface area contributed by atoms with E-state index in [1.165, 1.54) is 0 Å². The Morgan fingerprint density at radius 2 is 2.04 bits per heavy atom. The molecule has 132 valence electrons. The van der Waals surface area contributed by atoms with E-state index < -0.39 is 0 Å². The minimum Gasteiger partial charge on any atom is -0.365 e. The first kappa shape index (κ1) is 17.0. The zero-order chi connectivity index (χ0) is 17.9. The number of nitrogens with zero attached hydrogens (tertiary/aromatic N) is 2. The highest BCUT2D eigenvalue weighted by atomic mass is 79.9. The minimum atomic E-state index is 0.132. The number of carbonyl (C=O) groups is 1. The number of benzene rings is 2. The molecule has 0 radical (unpaired) electrons. The average molecular weight is 411 g/mol. The monoisotopic (exact) mass is 410 g/mol. The summed E-state index contributed by atoms with van der Waals surface area (Å²) in [6.45, 7) is 0.617. The molecule has 1 fully saturated rings. The lowest BCUT2D eigenvalue weighted by atomic mass is 9.85. The van der Waals surface area contributed by atoms with Crippen LogP contribution in [0.1, 0.15) is 24.8 Å². The Labute approximate surface area is 160 Å². The molecule has 1 aliphatic carbocycles. The van der Waals surface area contributed by atoms with E-state index in [9.17, 15) is 4.79 Å². The molecule has 0 saturated heterocycles. The van der Waals surface area contributed by atoms with E-state index in [1.807, 2.05) is 42.5 Å². The van der Waals surface area contributed by atoms with Gasteiger partial charge in [-0.25, -0.2) is 9.97 Å². The highest BCUT2D eigenvalue weighted by Gasteiger charge is 2.25. The maximum Gasteiger partial charge on any atom is 0.227 e. The van der Waals surface area contributed by atoms with Crippen LogP contribution in [0.3, 0.4) is 0 Å². The fourth-order valence-corrected chi connectivity index (χ4v) is 3.39. The number of hydrogen-bond acceptors (Lipinski definition) is 4. The van der Waals surface area contributed by atoms with Crippen LogP contribution in [0.25, 0.3) is 10.9 Å². The third-order valence-corrected chi connectivity index (χ3v) is 5.22. The van der Waals surface area contributed by atoms with E-state index in [2.05, 4.69) is 36.5 Å². The molecule has 0 unspecified atom stereocenters. The highest BCUT2D eigenvalue weighted by Crippen LogP contribution is 2.28. The van der Waals surface area contributed by atoms with E-state index in [4.69, 9.17) is 0 Å². The van der Waals surface area contributed by atoms with Crippen molar-refractivity contribution in [3.63, 3.8) is 0 Å². The van der Waals surface area contributed by atoms with Gasteiger partial charge in [0.15, 0.2) is 0 Å². The Morgan fingerprint density at radius 1 is 1.15 bits per heavy atom. The Morgan fingerprint density at radius 3 is 2.85 bits per heavy atom. The van der Waals surface area contributed by atoms with Crippen LogP contribution in [0.15, 0.2) is 53.3 Å². The van der Waals surface area contributed by atoms with Crippen LogP contribution in [0.4, 0.5) is 11.5 Å². The number of amides is 1. The average Bonchev–Trinajstić information content (AvgIpc) is 2.58. The first-order valence-electron chi connectivity index (χ1n) is 8.73. The molecule has 1 saturated carbocycles. The summed E-state index contributed by atoms with van der Waals surface area (Å²) in [6.07, 6.45) is 4.73. The van der Waals surface area contributed by atoms with E-state index in [-0.39, 0.29) is 11.8 Å². The van der Waals surface area contributed by atoms with E-state index >= 15 is 0 Å². The zero-order valence-corrected chi connectivity index (χ0v) is 15.8. The number of fused-ring (bicyclic) bond motifs is 1. The maximum atomic E-state index is 12.1. The number of anilines is 2. The number of rotatable bonds is 5. The third-order valence-electron chi connectivity index (χ3n) is 4.73. The predicted molar refractivity (Wildman–Crippen MR) is 107 cm³/mol. The van der Waals surface area contributed by atoms with Crippen LogP contribution in [-0.2, 0) is 11.3 Å². The highest BCUT2D eigenvalue weighted by molar-refractivity contribution is 9.10. The summed E-state index contributed by atoms with van der Waals surface area (Å²) in [5.41, 5.74) is 2.82. The number of carbonyl (C=O) groups excluding carboxylic acids is 1. The molecule has 1 heterocycles. The molecule has 1 aliphatic rings. The standard InChI is InChI=1S/C20H19BrN4O/c21-15-7-8-18-17(10-15)19(24-12-23-18)22-11-13-3-1-6-16(9-13)25-20(26)14-4-2-5-14/h1,3,6-10,12,14H,2,4-5,11H2,(H,25,26)(H,22,23,24). The normalized spacial score (nSPS) is 14.0. The van der Waals surface area contributed by atoms with E-state index in [1.54, 1.807) is 6.33 Å². The lowest BCUT2D eigenvalue weighted by molar-refractivity contribution is -0.122. The summed E-state index contributed by atoms with van der Waals surface area (Å²) >= 11 is 3.49. The number of nitrogens with one attached hydrogen (secondary N) is 2. The molecule has 1 amide bonds. The van der Waals surface area contributed by atoms with Gasteiger partial charge in [0.05, 0.1) is 5.52 Å². The van der Waals surface area contributed by atoms with E-state index in [0.717, 1.165) is 51.7 Å². The Kier molecular flexibility index (Phi) is 4.84. The lowest BCUT2D eigenvalue weighted by Gasteiger charge is -2.24. The number of hydrogen-bond donors (Lipinski definition) is 2. The van der Waals surface area contributed by atoms with Crippen LogP contribution in [0.5, 0.6) is 0 Å². The van der Waals surface area contributed by atoms with Gasteiger partial charge in [-0.15, -0.1) is 0 Å². The third kappa shape index (κ3) is 3.70. The molecule has 26 heavy (non-hydrogen) atoms. The van der Waals surface area contributed by atoms with Crippen molar-refractivity contribution in [1.82, 2.24) is 9.97 Å². The molecular weight excluding hydrogens is 392 g/mol. The molecule has 6 heteroatoms.